The van der Waals surface area contributed by atoms with Crippen LogP contribution in [0, 0.1) is 6.92 Å². The molecule has 0 fully saturated rings. The van der Waals surface area contributed by atoms with Gasteiger partial charge in [-0.1, -0.05) is 53.6 Å². The van der Waals surface area contributed by atoms with Crippen LogP contribution in [0.3, 0.4) is 0 Å². The first-order chi connectivity index (χ1) is 9.70. The van der Waals surface area contributed by atoms with Crippen molar-refractivity contribution >= 4 is 22.9 Å². The number of hydrogen-bond acceptors (Lipinski definition) is 1. The van der Waals surface area contributed by atoms with Gasteiger partial charge in [-0.3, -0.25) is 0 Å². The third-order valence-electron chi connectivity index (χ3n) is 3.27. The van der Waals surface area contributed by atoms with Gasteiger partial charge in [0.25, 0.3) is 0 Å². The smallest absolute Gasteiger partial charge is 0.0412 e. The van der Waals surface area contributed by atoms with E-state index in [4.69, 9.17) is 11.6 Å². The molecule has 0 saturated heterocycles. The number of halogens is 1. The summed E-state index contributed by atoms with van der Waals surface area (Å²) in [4.78, 5) is 2.65. The molecule has 0 aliphatic heterocycles. The Kier molecular flexibility index (Phi) is 3.90. The van der Waals surface area contributed by atoms with Crippen LogP contribution < -0.4 is 0 Å². The standard InChI is InChI=1S/C18H15ClS/c1-13-5-7-14(8-6-13)11-17-9-10-18(20-17)15-3-2-4-16(19)12-15/h2-10,12H,11H2,1H3. The average Bonchev–Trinajstić information content (AvgIpc) is 2.90. The lowest BCUT2D eigenvalue weighted by molar-refractivity contribution is 1.23. The molecule has 0 atom stereocenters. The minimum Gasteiger partial charge on any atom is -0.140 e. The predicted octanol–water partition coefficient (Wildman–Crippen LogP) is 5.97. The molecular formula is C18H15ClS. The highest BCUT2D eigenvalue weighted by Gasteiger charge is 2.04. The second kappa shape index (κ2) is 5.82. The van der Waals surface area contributed by atoms with E-state index in [-0.39, 0.29) is 0 Å². The maximum atomic E-state index is 6.05. The second-order valence-electron chi connectivity index (χ2n) is 4.94. The molecule has 1 heterocycles. The van der Waals surface area contributed by atoms with Gasteiger partial charge >= 0.3 is 0 Å². The topological polar surface area (TPSA) is 0 Å². The molecule has 1 aromatic heterocycles. The molecule has 0 radical (unpaired) electrons. The monoisotopic (exact) mass is 298 g/mol. The van der Waals surface area contributed by atoms with Crippen molar-refractivity contribution in [3.8, 4) is 10.4 Å². The molecular weight excluding hydrogens is 284 g/mol. The summed E-state index contributed by atoms with van der Waals surface area (Å²) < 4.78 is 0. The third-order valence-corrected chi connectivity index (χ3v) is 4.64. The molecule has 0 N–H and O–H groups in total. The van der Waals surface area contributed by atoms with Crippen molar-refractivity contribution in [2.45, 2.75) is 13.3 Å². The molecule has 2 aromatic carbocycles. The van der Waals surface area contributed by atoms with E-state index >= 15 is 0 Å². The predicted molar refractivity (Wildman–Crippen MR) is 88.8 cm³/mol. The lowest BCUT2D eigenvalue weighted by Crippen LogP contribution is -1.83. The Morgan fingerprint density at radius 2 is 1.75 bits per heavy atom. The first-order valence-electron chi connectivity index (χ1n) is 6.61. The summed E-state index contributed by atoms with van der Waals surface area (Å²) in [6.07, 6.45) is 0.992. The molecule has 20 heavy (non-hydrogen) atoms. The molecule has 3 aromatic rings. The molecule has 3 rings (SSSR count). The first kappa shape index (κ1) is 13.4. The van der Waals surface area contributed by atoms with Crippen molar-refractivity contribution in [1.82, 2.24) is 0 Å². The van der Waals surface area contributed by atoms with Crippen LogP contribution in [0.25, 0.3) is 10.4 Å². The zero-order valence-electron chi connectivity index (χ0n) is 11.3. The minimum absolute atomic E-state index is 0.788. The van der Waals surface area contributed by atoms with Crippen molar-refractivity contribution in [1.29, 1.82) is 0 Å². The summed E-state index contributed by atoms with van der Waals surface area (Å²) >= 11 is 7.89. The number of hydrogen-bond donors (Lipinski definition) is 0. The van der Waals surface area contributed by atoms with Crippen LogP contribution in [0.5, 0.6) is 0 Å². The van der Waals surface area contributed by atoms with Crippen LogP contribution >= 0.6 is 22.9 Å². The molecule has 0 amide bonds. The van der Waals surface area contributed by atoms with Crippen LogP contribution in [0.15, 0.2) is 60.7 Å². The summed E-state index contributed by atoms with van der Waals surface area (Å²) in [7, 11) is 0. The maximum absolute atomic E-state index is 6.05. The molecule has 100 valence electrons. The Morgan fingerprint density at radius 1 is 0.950 bits per heavy atom. The largest absolute Gasteiger partial charge is 0.140 e. The summed E-state index contributed by atoms with van der Waals surface area (Å²) in [6.45, 7) is 2.12. The van der Waals surface area contributed by atoms with E-state index in [0.717, 1.165) is 11.4 Å². The number of thiophene rings is 1. The summed E-state index contributed by atoms with van der Waals surface area (Å²) in [5.41, 5.74) is 3.85. The van der Waals surface area contributed by atoms with E-state index in [2.05, 4.69) is 49.4 Å². The van der Waals surface area contributed by atoms with Gasteiger partial charge in [0.1, 0.15) is 0 Å². The molecule has 0 saturated carbocycles. The van der Waals surface area contributed by atoms with Crippen LogP contribution in [0.1, 0.15) is 16.0 Å². The highest BCUT2D eigenvalue weighted by atomic mass is 35.5. The first-order valence-corrected chi connectivity index (χ1v) is 7.80. The Balaban J connectivity index is 1.82. The van der Waals surface area contributed by atoms with Gasteiger partial charge in [0, 0.05) is 21.2 Å². The normalized spacial score (nSPS) is 10.7. The van der Waals surface area contributed by atoms with Crippen molar-refractivity contribution in [2.75, 3.05) is 0 Å². The molecule has 0 bridgehead atoms. The Hall–Kier alpha value is -1.57. The van der Waals surface area contributed by atoms with Gasteiger partial charge in [-0.15, -0.1) is 11.3 Å². The third kappa shape index (κ3) is 3.12. The van der Waals surface area contributed by atoms with E-state index in [1.807, 2.05) is 29.5 Å². The second-order valence-corrected chi connectivity index (χ2v) is 6.54. The fourth-order valence-electron chi connectivity index (χ4n) is 2.18. The lowest BCUT2D eigenvalue weighted by atomic mass is 10.1. The quantitative estimate of drug-likeness (QED) is 0.559. The number of benzene rings is 2. The van der Waals surface area contributed by atoms with E-state index in [1.165, 1.54) is 26.4 Å². The van der Waals surface area contributed by atoms with E-state index in [1.54, 1.807) is 0 Å². The van der Waals surface area contributed by atoms with Gasteiger partial charge in [-0.25, -0.2) is 0 Å². The zero-order valence-corrected chi connectivity index (χ0v) is 12.8. The SMILES string of the molecule is Cc1ccc(Cc2ccc(-c3cccc(Cl)c3)s2)cc1. The van der Waals surface area contributed by atoms with Crippen molar-refractivity contribution in [3.63, 3.8) is 0 Å². The highest BCUT2D eigenvalue weighted by molar-refractivity contribution is 7.15. The van der Waals surface area contributed by atoms with E-state index in [9.17, 15) is 0 Å². The minimum atomic E-state index is 0.788. The zero-order chi connectivity index (χ0) is 13.9. The van der Waals surface area contributed by atoms with Gasteiger partial charge < -0.3 is 0 Å². The fourth-order valence-corrected chi connectivity index (χ4v) is 3.41. The van der Waals surface area contributed by atoms with Crippen LogP contribution in [-0.2, 0) is 6.42 Å². The summed E-state index contributed by atoms with van der Waals surface area (Å²) in [5, 5.41) is 0.788. The maximum Gasteiger partial charge on any atom is 0.0412 e. The molecule has 2 heteroatoms. The van der Waals surface area contributed by atoms with Gasteiger partial charge in [-0.2, -0.15) is 0 Å². The Morgan fingerprint density at radius 3 is 2.50 bits per heavy atom. The van der Waals surface area contributed by atoms with Crippen LogP contribution in [-0.4, -0.2) is 0 Å². The van der Waals surface area contributed by atoms with Gasteiger partial charge in [0.05, 0.1) is 0 Å². The van der Waals surface area contributed by atoms with Gasteiger partial charge in [0.2, 0.25) is 0 Å². The van der Waals surface area contributed by atoms with E-state index < -0.39 is 0 Å². The van der Waals surface area contributed by atoms with Crippen LogP contribution in [0.4, 0.5) is 0 Å². The number of aryl methyl sites for hydroxylation is 1. The summed E-state index contributed by atoms with van der Waals surface area (Å²) in [6, 6.07) is 21.2. The molecule has 0 aliphatic carbocycles. The van der Waals surface area contributed by atoms with E-state index in [0.29, 0.717) is 0 Å². The number of rotatable bonds is 3. The highest BCUT2D eigenvalue weighted by Crippen LogP contribution is 2.30. The lowest BCUT2D eigenvalue weighted by Gasteiger charge is -2.00. The van der Waals surface area contributed by atoms with Gasteiger partial charge in [0.15, 0.2) is 0 Å². The molecule has 0 unspecified atom stereocenters. The van der Waals surface area contributed by atoms with Crippen molar-refractivity contribution < 1.29 is 0 Å². The molecule has 0 spiro atoms. The molecule has 0 aliphatic rings. The van der Waals surface area contributed by atoms with Crippen LogP contribution in [0.2, 0.25) is 5.02 Å². The average molecular weight is 299 g/mol. The Labute approximate surface area is 128 Å². The fraction of sp³-hybridized carbons (Fsp3) is 0.111. The van der Waals surface area contributed by atoms with Gasteiger partial charge in [-0.05, 0) is 42.3 Å². The Bertz CT molecular complexity index is 710. The molecule has 0 nitrogen and oxygen atoms in total. The van der Waals surface area contributed by atoms with Crippen molar-refractivity contribution in [3.05, 3.63) is 81.7 Å². The summed E-state index contributed by atoms with van der Waals surface area (Å²) in [5.74, 6) is 0. The van der Waals surface area contributed by atoms with Crippen molar-refractivity contribution in [2.24, 2.45) is 0 Å².